The van der Waals surface area contributed by atoms with E-state index in [9.17, 15) is 4.79 Å². The summed E-state index contributed by atoms with van der Waals surface area (Å²) in [6.45, 7) is 5.89. The normalized spacial score (nSPS) is 25.4. The Morgan fingerprint density at radius 3 is 2.80 bits per heavy atom. The summed E-state index contributed by atoms with van der Waals surface area (Å²) in [5.74, 6) is 0.319. The number of alkyl halides is 1. The molecule has 0 spiro atoms. The molecule has 116 valence electrons. The first kappa shape index (κ1) is 16.2. The van der Waals surface area contributed by atoms with Crippen LogP contribution in [0.25, 0.3) is 0 Å². The third-order valence-electron chi connectivity index (χ3n) is 4.30. The Morgan fingerprint density at radius 1 is 1.15 bits per heavy atom. The van der Waals surface area contributed by atoms with Gasteiger partial charge in [-0.3, -0.25) is 4.79 Å². The van der Waals surface area contributed by atoms with E-state index >= 15 is 0 Å². The van der Waals surface area contributed by atoms with Crippen LogP contribution < -0.4 is 0 Å². The van der Waals surface area contributed by atoms with Crippen LogP contribution in [0.1, 0.15) is 38.5 Å². The standard InChI is InChI=1S/C15H27BrN2O2/c16-7-10-17-8-3-9-18(12-11-17)15(19)6-5-14-4-1-2-13-20-14/h14H,1-13H2. The van der Waals surface area contributed by atoms with Gasteiger partial charge in [0, 0.05) is 44.5 Å². The van der Waals surface area contributed by atoms with E-state index in [1.807, 2.05) is 0 Å². The number of nitrogens with zero attached hydrogens (tertiary/aromatic N) is 2. The summed E-state index contributed by atoms with van der Waals surface area (Å²) in [4.78, 5) is 16.8. The van der Waals surface area contributed by atoms with Crippen molar-refractivity contribution >= 4 is 21.8 Å². The minimum atomic E-state index is 0.319. The zero-order chi connectivity index (χ0) is 14.2. The number of amides is 1. The van der Waals surface area contributed by atoms with Gasteiger partial charge in [-0.1, -0.05) is 15.9 Å². The SMILES string of the molecule is O=C(CCC1CCCCO1)N1CCCN(CCBr)CC1. The second kappa shape index (κ2) is 9.00. The zero-order valence-corrected chi connectivity index (χ0v) is 13.9. The van der Waals surface area contributed by atoms with Gasteiger partial charge in [0.25, 0.3) is 0 Å². The van der Waals surface area contributed by atoms with Crippen LogP contribution in [-0.2, 0) is 9.53 Å². The van der Waals surface area contributed by atoms with Gasteiger partial charge >= 0.3 is 0 Å². The Labute approximate surface area is 130 Å². The molecule has 0 aromatic carbocycles. The highest BCUT2D eigenvalue weighted by molar-refractivity contribution is 9.09. The number of hydrogen-bond donors (Lipinski definition) is 0. The molecule has 20 heavy (non-hydrogen) atoms. The molecule has 0 aromatic heterocycles. The lowest BCUT2D eigenvalue weighted by atomic mass is 10.0. The second-order valence-corrected chi connectivity index (χ2v) is 6.59. The monoisotopic (exact) mass is 346 g/mol. The smallest absolute Gasteiger partial charge is 0.222 e. The third kappa shape index (κ3) is 5.34. The summed E-state index contributed by atoms with van der Waals surface area (Å²) in [6.07, 6.45) is 6.54. The highest BCUT2D eigenvalue weighted by atomic mass is 79.9. The van der Waals surface area contributed by atoms with E-state index in [4.69, 9.17) is 4.74 Å². The van der Waals surface area contributed by atoms with Gasteiger partial charge in [0.15, 0.2) is 0 Å². The van der Waals surface area contributed by atoms with Crippen LogP contribution >= 0.6 is 15.9 Å². The first-order chi connectivity index (χ1) is 9.79. The van der Waals surface area contributed by atoms with Crippen LogP contribution in [0.3, 0.4) is 0 Å². The van der Waals surface area contributed by atoms with E-state index in [1.54, 1.807) is 0 Å². The molecule has 2 saturated heterocycles. The topological polar surface area (TPSA) is 32.8 Å². The van der Waals surface area contributed by atoms with E-state index in [1.165, 1.54) is 12.8 Å². The van der Waals surface area contributed by atoms with Crippen LogP contribution in [0.2, 0.25) is 0 Å². The maximum Gasteiger partial charge on any atom is 0.222 e. The van der Waals surface area contributed by atoms with Gasteiger partial charge in [-0.25, -0.2) is 0 Å². The Bertz CT molecular complexity index is 296. The molecule has 0 radical (unpaired) electrons. The van der Waals surface area contributed by atoms with Crippen LogP contribution in [0, 0.1) is 0 Å². The molecule has 0 N–H and O–H groups in total. The van der Waals surface area contributed by atoms with Crippen molar-refractivity contribution in [2.24, 2.45) is 0 Å². The fourth-order valence-corrected chi connectivity index (χ4v) is 3.54. The number of carbonyl (C=O) groups excluding carboxylic acids is 1. The van der Waals surface area contributed by atoms with Crippen molar-refractivity contribution < 1.29 is 9.53 Å². The summed E-state index contributed by atoms with van der Waals surface area (Å²) in [7, 11) is 0. The average Bonchev–Trinajstić information content (AvgIpc) is 2.72. The minimum absolute atomic E-state index is 0.319. The molecule has 0 aromatic rings. The Balaban J connectivity index is 1.69. The molecular formula is C15H27BrN2O2. The van der Waals surface area contributed by atoms with Gasteiger partial charge in [0.05, 0.1) is 6.10 Å². The van der Waals surface area contributed by atoms with Gasteiger partial charge in [0.2, 0.25) is 5.91 Å². The molecule has 5 heteroatoms. The van der Waals surface area contributed by atoms with E-state index in [2.05, 4.69) is 25.7 Å². The number of hydrogen-bond acceptors (Lipinski definition) is 3. The van der Waals surface area contributed by atoms with Crippen LogP contribution in [-0.4, -0.2) is 66.5 Å². The summed E-state index contributed by atoms with van der Waals surface area (Å²) in [5.41, 5.74) is 0. The first-order valence-electron chi connectivity index (χ1n) is 7.97. The molecule has 2 fully saturated rings. The van der Waals surface area contributed by atoms with Crippen LogP contribution in [0.4, 0.5) is 0 Å². The Hall–Kier alpha value is -0.130. The predicted molar refractivity (Wildman–Crippen MR) is 84.3 cm³/mol. The predicted octanol–water partition coefficient (Wildman–Crippen LogP) is 2.26. The van der Waals surface area contributed by atoms with Crippen molar-refractivity contribution in [2.75, 3.05) is 44.7 Å². The molecule has 1 unspecified atom stereocenters. The first-order valence-corrected chi connectivity index (χ1v) is 9.09. The van der Waals surface area contributed by atoms with Crippen molar-refractivity contribution in [3.8, 4) is 0 Å². The van der Waals surface area contributed by atoms with Crippen molar-refractivity contribution in [3.05, 3.63) is 0 Å². The molecule has 2 heterocycles. The second-order valence-electron chi connectivity index (χ2n) is 5.79. The lowest BCUT2D eigenvalue weighted by Crippen LogP contribution is -2.36. The summed E-state index contributed by atoms with van der Waals surface area (Å²) >= 11 is 3.49. The Morgan fingerprint density at radius 2 is 2.05 bits per heavy atom. The molecule has 4 nitrogen and oxygen atoms in total. The van der Waals surface area contributed by atoms with Gasteiger partial charge in [-0.05, 0) is 38.6 Å². The van der Waals surface area contributed by atoms with E-state index in [-0.39, 0.29) is 0 Å². The lowest BCUT2D eigenvalue weighted by Gasteiger charge is -2.25. The minimum Gasteiger partial charge on any atom is -0.378 e. The molecular weight excluding hydrogens is 320 g/mol. The molecule has 1 amide bonds. The van der Waals surface area contributed by atoms with E-state index in [0.29, 0.717) is 18.4 Å². The number of ether oxygens (including phenoxy) is 1. The Kier molecular flexibility index (Phi) is 7.31. The highest BCUT2D eigenvalue weighted by Crippen LogP contribution is 2.17. The molecule has 1 atom stereocenters. The van der Waals surface area contributed by atoms with Crippen molar-refractivity contribution in [1.82, 2.24) is 9.80 Å². The summed E-state index contributed by atoms with van der Waals surface area (Å²) < 4.78 is 5.71. The third-order valence-corrected chi connectivity index (χ3v) is 4.65. The summed E-state index contributed by atoms with van der Waals surface area (Å²) in [6, 6.07) is 0. The zero-order valence-electron chi connectivity index (χ0n) is 12.4. The van der Waals surface area contributed by atoms with Crippen LogP contribution in [0.15, 0.2) is 0 Å². The molecule has 2 rings (SSSR count). The maximum atomic E-state index is 12.3. The van der Waals surface area contributed by atoms with Crippen molar-refractivity contribution in [3.63, 3.8) is 0 Å². The van der Waals surface area contributed by atoms with Crippen LogP contribution in [0.5, 0.6) is 0 Å². The highest BCUT2D eigenvalue weighted by Gasteiger charge is 2.21. The fraction of sp³-hybridized carbons (Fsp3) is 0.933. The number of rotatable bonds is 5. The van der Waals surface area contributed by atoms with Gasteiger partial charge < -0.3 is 14.5 Å². The molecule has 2 aliphatic heterocycles. The number of halogens is 1. The quantitative estimate of drug-likeness (QED) is 0.716. The van der Waals surface area contributed by atoms with Crippen molar-refractivity contribution in [1.29, 1.82) is 0 Å². The number of carbonyl (C=O) groups is 1. The van der Waals surface area contributed by atoms with Gasteiger partial charge in [0.1, 0.15) is 0 Å². The largest absolute Gasteiger partial charge is 0.378 e. The van der Waals surface area contributed by atoms with E-state index < -0.39 is 0 Å². The average molecular weight is 347 g/mol. The summed E-state index contributed by atoms with van der Waals surface area (Å²) in [5, 5.41) is 1.01. The fourth-order valence-electron chi connectivity index (χ4n) is 3.04. The van der Waals surface area contributed by atoms with Gasteiger partial charge in [-0.2, -0.15) is 0 Å². The van der Waals surface area contributed by atoms with Gasteiger partial charge in [-0.15, -0.1) is 0 Å². The van der Waals surface area contributed by atoms with Crippen molar-refractivity contribution in [2.45, 2.75) is 44.6 Å². The molecule has 0 saturated carbocycles. The van der Waals surface area contributed by atoms with E-state index in [0.717, 1.165) is 63.9 Å². The molecule has 2 aliphatic rings. The molecule has 0 bridgehead atoms. The maximum absolute atomic E-state index is 12.3. The molecule has 0 aliphatic carbocycles. The lowest BCUT2D eigenvalue weighted by molar-refractivity contribution is -0.132.